The fourth-order valence-corrected chi connectivity index (χ4v) is 2.76. The molecule has 0 aromatic heterocycles. The molecule has 2 rings (SSSR count). The predicted molar refractivity (Wildman–Crippen MR) is 65.1 cm³/mol. The zero-order chi connectivity index (χ0) is 10.7. The zero-order valence-electron chi connectivity index (χ0n) is 10.3. The molecule has 2 saturated carbocycles. The fraction of sp³-hybridized carbons (Fsp3) is 1.00. The van der Waals surface area contributed by atoms with Gasteiger partial charge >= 0.3 is 0 Å². The lowest BCUT2D eigenvalue weighted by Gasteiger charge is -2.25. The first-order valence-electron chi connectivity index (χ1n) is 6.71. The van der Waals surface area contributed by atoms with Crippen molar-refractivity contribution in [3.05, 3.63) is 0 Å². The summed E-state index contributed by atoms with van der Waals surface area (Å²) in [5.41, 5.74) is 0. The van der Waals surface area contributed by atoms with Crippen LogP contribution in [0, 0.1) is 5.92 Å². The summed E-state index contributed by atoms with van der Waals surface area (Å²) in [7, 11) is 2.29. The van der Waals surface area contributed by atoms with E-state index >= 15 is 0 Å². The molecule has 0 aromatic carbocycles. The van der Waals surface area contributed by atoms with Crippen LogP contribution in [-0.4, -0.2) is 37.1 Å². The average Bonchev–Trinajstić information content (AvgIpc) is 2.93. The maximum atomic E-state index is 3.66. The Balaban J connectivity index is 1.55. The Kier molecular flexibility index (Phi) is 4.04. The van der Waals surface area contributed by atoms with Gasteiger partial charge in [-0.3, -0.25) is 0 Å². The summed E-state index contributed by atoms with van der Waals surface area (Å²) >= 11 is 0. The molecule has 1 atom stereocenters. The minimum atomic E-state index is 0.752. The van der Waals surface area contributed by atoms with Gasteiger partial charge in [-0.25, -0.2) is 0 Å². The van der Waals surface area contributed by atoms with Gasteiger partial charge in [0.25, 0.3) is 0 Å². The van der Waals surface area contributed by atoms with E-state index in [0.717, 1.165) is 18.0 Å². The summed E-state index contributed by atoms with van der Waals surface area (Å²) < 4.78 is 0. The molecule has 1 unspecified atom stereocenters. The molecule has 0 amide bonds. The van der Waals surface area contributed by atoms with Crippen molar-refractivity contribution in [2.45, 2.75) is 57.5 Å². The number of hydrogen-bond acceptors (Lipinski definition) is 2. The molecule has 2 fully saturated rings. The van der Waals surface area contributed by atoms with Crippen LogP contribution < -0.4 is 5.32 Å². The van der Waals surface area contributed by atoms with Gasteiger partial charge in [0.2, 0.25) is 0 Å². The maximum Gasteiger partial charge on any atom is 0.0107 e. The normalized spacial score (nSPS) is 25.0. The number of nitrogens with one attached hydrogen (secondary N) is 1. The molecule has 2 heteroatoms. The molecule has 2 aliphatic rings. The molecule has 0 aromatic rings. The van der Waals surface area contributed by atoms with Crippen LogP contribution in [0.5, 0.6) is 0 Å². The maximum absolute atomic E-state index is 3.66. The smallest absolute Gasteiger partial charge is 0.0107 e. The van der Waals surface area contributed by atoms with Crippen molar-refractivity contribution >= 4 is 0 Å². The van der Waals surface area contributed by atoms with Crippen molar-refractivity contribution in [2.75, 3.05) is 20.1 Å². The monoisotopic (exact) mass is 210 g/mol. The Bertz CT molecular complexity index is 183. The highest BCUT2D eigenvalue weighted by Crippen LogP contribution is 2.32. The molecule has 0 heterocycles. The van der Waals surface area contributed by atoms with Crippen molar-refractivity contribution in [1.82, 2.24) is 10.2 Å². The topological polar surface area (TPSA) is 15.3 Å². The molecule has 15 heavy (non-hydrogen) atoms. The predicted octanol–water partition coefficient (Wildman–Crippen LogP) is 2.25. The Morgan fingerprint density at radius 1 is 1.20 bits per heavy atom. The van der Waals surface area contributed by atoms with Crippen molar-refractivity contribution in [3.8, 4) is 0 Å². The summed E-state index contributed by atoms with van der Waals surface area (Å²) in [6, 6.07) is 1.63. The highest BCUT2D eigenvalue weighted by molar-refractivity contribution is 4.83. The van der Waals surface area contributed by atoms with Gasteiger partial charge in [0.15, 0.2) is 0 Å². The standard InChI is InChI=1S/C13H26N2/c1-11(12-7-8-12)14-9-10-15(2)13-5-3-4-6-13/h11-14H,3-10H2,1-2H3. The van der Waals surface area contributed by atoms with Gasteiger partial charge in [0.1, 0.15) is 0 Å². The van der Waals surface area contributed by atoms with E-state index in [1.807, 2.05) is 0 Å². The van der Waals surface area contributed by atoms with Gasteiger partial charge in [-0.2, -0.15) is 0 Å². The third kappa shape index (κ3) is 3.46. The first kappa shape index (κ1) is 11.4. The van der Waals surface area contributed by atoms with Crippen LogP contribution in [-0.2, 0) is 0 Å². The van der Waals surface area contributed by atoms with Crippen LogP contribution in [0.15, 0.2) is 0 Å². The SMILES string of the molecule is CC(NCCN(C)C1CCCC1)C1CC1. The number of hydrogen-bond donors (Lipinski definition) is 1. The summed E-state index contributed by atoms with van der Waals surface area (Å²) in [4.78, 5) is 2.56. The first-order chi connectivity index (χ1) is 7.27. The largest absolute Gasteiger partial charge is 0.313 e. The van der Waals surface area contributed by atoms with E-state index in [2.05, 4.69) is 24.2 Å². The van der Waals surface area contributed by atoms with Crippen molar-refractivity contribution in [2.24, 2.45) is 5.92 Å². The second-order valence-electron chi connectivity index (χ2n) is 5.50. The Morgan fingerprint density at radius 3 is 2.47 bits per heavy atom. The lowest BCUT2D eigenvalue weighted by molar-refractivity contribution is 0.241. The van der Waals surface area contributed by atoms with Gasteiger partial charge in [-0.05, 0) is 45.6 Å². The lowest BCUT2D eigenvalue weighted by Crippen LogP contribution is -2.38. The molecule has 2 aliphatic carbocycles. The van der Waals surface area contributed by atoms with E-state index in [9.17, 15) is 0 Å². The van der Waals surface area contributed by atoms with Crippen LogP contribution >= 0.6 is 0 Å². The van der Waals surface area contributed by atoms with Crippen LogP contribution in [0.1, 0.15) is 45.4 Å². The second kappa shape index (κ2) is 5.31. The third-order valence-corrected chi connectivity index (χ3v) is 4.21. The summed E-state index contributed by atoms with van der Waals surface area (Å²) in [5, 5.41) is 3.66. The molecule has 0 bridgehead atoms. The van der Waals surface area contributed by atoms with E-state index in [1.54, 1.807) is 0 Å². The molecule has 0 radical (unpaired) electrons. The Labute approximate surface area is 94.4 Å². The molecule has 88 valence electrons. The molecule has 0 spiro atoms. The van der Waals surface area contributed by atoms with E-state index in [1.165, 1.54) is 51.6 Å². The van der Waals surface area contributed by atoms with Gasteiger partial charge in [0.05, 0.1) is 0 Å². The first-order valence-corrected chi connectivity index (χ1v) is 6.71. The molecular weight excluding hydrogens is 184 g/mol. The Hall–Kier alpha value is -0.0800. The van der Waals surface area contributed by atoms with Gasteiger partial charge < -0.3 is 10.2 Å². The fourth-order valence-electron chi connectivity index (χ4n) is 2.76. The van der Waals surface area contributed by atoms with Crippen LogP contribution in [0.3, 0.4) is 0 Å². The average molecular weight is 210 g/mol. The van der Waals surface area contributed by atoms with Gasteiger partial charge in [-0.15, -0.1) is 0 Å². The minimum Gasteiger partial charge on any atom is -0.313 e. The van der Waals surface area contributed by atoms with E-state index in [-0.39, 0.29) is 0 Å². The van der Waals surface area contributed by atoms with Gasteiger partial charge in [-0.1, -0.05) is 12.8 Å². The molecule has 1 N–H and O–H groups in total. The van der Waals surface area contributed by atoms with Crippen molar-refractivity contribution in [3.63, 3.8) is 0 Å². The molecule has 0 saturated heterocycles. The molecular formula is C13H26N2. The van der Waals surface area contributed by atoms with E-state index in [4.69, 9.17) is 0 Å². The number of likely N-dealkylation sites (N-methyl/N-ethyl adjacent to an activating group) is 1. The summed E-state index contributed by atoms with van der Waals surface area (Å²) in [6.07, 6.45) is 8.64. The quantitative estimate of drug-likeness (QED) is 0.723. The second-order valence-corrected chi connectivity index (χ2v) is 5.50. The van der Waals surface area contributed by atoms with Crippen LogP contribution in [0.25, 0.3) is 0 Å². The molecule has 0 aliphatic heterocycles. The van der Waals surface area contributed by atoms with E-state index in [0.29, 0.717) is 0 Å². The van der Waals surface area contributed by atoms with E-state index < -0.39 is 0 Å². The highest BCUT2D eigenvalue weighted by Gasteiger charge is 2.27. The summed E-state index contributed by atoms with van der Waals surface area (Å²) in [5.74, 6) is 0.988. The third-order valence-electron chi connectivity index (χ3n) is 4.21. The lowest BCUT2D eigenvalue weighted by atomic mass is 10.2. The summed E-state index contributed by atoms with van der Waals surface area (Å²) in [6.45, 7) is 4.74. The van der Waals surface area contributed by atoms with Crippen LogP contribution in [0.2, 0.25) is 0 Å². The number of rotatable bonds is 6. The van der Waals surface area contributed by atoms with Crippen LogP contribution in [0.4, 0.5) is 0 Å². The minimum absolute atomic E-state index is 0.752. The highest BCUT2D eigenvalue weighted by atomic mass is 15.1. The molecule has 2 nitrogen and oxygen atoms in total. The number of nitrogens with zero attached hydrogens (tertiary/aromatic N) is 1. The zero-order valence-corrected chi connectivity index (χ0v) is 10.3. The van der Waals surface area contributed by atoms with Gasteiger partial charge in [0, 0.05) is 25.2 Å². The Morgan fingerprint density at radius 2 is 1.87 bits per heavy atom. The van der Waals surface area contributed by atoms with Crippen molar-refractivity contribution in [1.29, 1.82) is 0 Å². The van der Waals surface area contributed by atoms with Crippen molar-refractivity contribution < 1.29 is 0 Å².